The van der Waals surface area contributed by atoms with Crippen molar-refractivity contribution in [2.45, 2.75) is 42.6 Å². The Morgan fingerprint density at radius 1 is 1.12 bits per heavy atom. The Labute approximate surface area is 186 Å². The molecule has 1 aromatic carbocycles. The number of ether oxygens (including phenoxy) is 1. The number of halogens is 6. The van der Waals surface area contributed by atoms with Gasteiger partial charge in [-0.05, 0) is 43.4 Å². The average Bonchev–Trinajstić information content (AvgIpc) is 2.70. The molecule has 2 amide bonds. The second-order valence-corrected chi connectivity index (χ2v) is 9.64. The highest BCUT2D eigenvalue weighted by molar-refractivity contribution is 7.90. The van der Waals surface area contributed by atoms with Gasteiger partial charge in [0.1, 0.15) is 0 Å². The van der Waals surface area contributed by atoms with Crippen LogP contribution in [0.15, 0.2) is 29.2 Å². The predicted molar refractivity (Wildman–Crippen MR) is 103 cm³/mol. The fraction of sp³-hybridized carbons (Fsp3) is 0.579. The van der Waals surface area contributed by atoms with Gasteiger partial charge in [-0.25, -0.2) is 13.2 Å². The van der Waals surface area contributed by atoms with E-state index >= 15 is 0 Å². The van der Waals surface area contributed by atoms with Gasteiger partial charge < -0.3 is 15.0 Å². The monoisotopic (exact) mass is 504 g/mol. The number of amides is 2. The van der Waals surface area contributed by atoms with E-state index in [0.717, 1.165) is 11.2 Å². The number of nitrogens with one attached hydrogen (secondary N) is 1. The maximum absolute atomic E-state index is 12.5. The van der Waals surface area contributed by atoms with E-state index in [9.17, 15) is 44.3 Å². The standard InChI is InChI=1S/C19H22F6N2O5S/c1-33(30,31)14-4-2-3-13(11-14)15(28)26-8-5-12-6-9-27(10-7-12)17(29)32-16(18(20,21)22)19(23,24)25/h2-4,11-12,16H,5-10H2,1H3,(H,26,28). The molecule has 7 nitrogen and oxygen atoms in total. The second kappa shape index (κ2) is 10.2. The molecule has 0 saturated carbocycles. The molecule has 0 atom stereocenters. The van der Waals surface area contributed by atoms with Crippen LogP contribution in [0.3, 0.4) is 0 Å². The first-order chi connectivity index (χ1) is 15.1. The number of rotatable bonds is 6. The molecule has 2 rings (SSSR count). The van der Waals surface area contributed by atoms with Crippen LogP contribution in [-0.4, -0.2) is 69.7 Å². The van der Waals surface area contributed by atoms with E-state index in [1.807, 2.05) is 0 Å². The lowest BCUT2D eigenvalue weighted by molar-refractivity contribution is -0.308. The predicted octanol–water partition coefficient (Wildman–Crippen LogP) is 3.55. The first-order valence-corrected chi connectivity index (χ1v) is 11.7. The summed E-state index contributed by atoms with van der Waals surface area (Å²) in [6, 6.07) is 5.48. The quantitative estimate of drug-likeness (QED) is 0.599. The molecular formula is C19H22F6N2O5S. The van der Waals surface area contributed by atoms with Gasteiger partial charge in [-0.1, -0.05) is 6.07 Å². The van der Waals surface area contributed by atoms with Crippen LogP contribution in [0.25, 0.3) is 0 Å². The van der Waals surface area contributed by atoms with Gasteiger partial charge in [0.25, 0.3) is 12.0 Å². The molecule has 0 aromatic heterocycles. The first kappa shape index (κ1) is 26.7. The lowest BCUT2D eigenvalue weighted by Crippen LogP contribution is -2.49. The zero-order valence-electron chi connectivity index (χ0n) is 17.4. The molecule has 0 aliphatic carbocycles. The average molecular weight is 504 g/mol. The van der Waals surface area contributed by atoms with Crippen LogP contribution in [0.2, 0.25) is 0 Å². The first-order valence-electron chi connectivity index (χ1n) is 9.76. The molecule has 33 heavy (non-hydrogen) atoms. The highest BCUT2D eigenvalue weighted by Gasteiger charge is 2.60. The summed E-state index contributed by atoms with van der Waals surface area (Å²) in [5, 5.41) is 2.63. The summed E-state index contributed by atoms with van der Waals surface area (Å²) in [5.74, 6) is -0.524. The lowest BCUT2D eigenvalue weighted by Gasteiger charge is -2.33. The van der Waals surface area contributed by atoms with Crippen LogP contribution in [0.4, 0.5) is 31.1 Å². The minimum Gasteiger partial charge on any atom is -0.426 e. The van der Waals surface area contributed by atoms with Crippen molar-refractivity contribution in [2.24, 2.45) is 5.92 Å². The third-order valence-corrected chi connectivity index (χ3v) is 6.16. The maximum Gasteiger partial charge on any atom is 0.434 e. The van der Waals surface area contributed by atoms with E-state index < -0.39 is 40.3 Å². The van der Waals surface area contributed by atoms with Gasteiger partial charge in [-0.15, -0.1) is 0 Å². The third-order valence-electron chi connectivity index (χ3n) is 5.05. The van der Waals surface area contributed by atoms with Gasteiger partial charge >= 0.3 is 18.4 Å². The maximum atomic E-state index is 12.5. The van der Waals surface area contributed by atoms with Crippen molar-refractivity contribution in [2.75, 3.05) is 25.9 Å². The number of hydrogen-bond donors (Lipinski definition) is 1. The van der Waals surface area contributed by atoms with Crippen molar-refractivity contribution in [3.05, 3.63) is 29.8 Å². The highest BCUT2D eigenvalue weighted by atomic mass is 32.2. The second-order valence-electron chi connectivity index (χ2n) is 7.62. The molecule has 1 aliphatic heterocycles. The number of likely N-dealkylation sites (tertiary alicyclic amines) is 1. The molecule has 1 saturated heterocycles. The van der Waals surface area contributed by atoms with Crippen LogP contribution in [0.5, 0.6) is 0 Å². The van der Waals surface area contributed by atoms with E-state index in [-0.39, 0.29) is 36.0 Å². The molecule has 1 aromatic rings. The molecular weight excluding hydrogens is 482 g/mol. The Bertz CT molecular complexity index is 942. The smallest absolute Gasteiger partial charge is 0.426 e. The van der Waals surface area contributed by atoms with Crippen molar-refractivity contribution in [1.29, 1.82) is 0 Å². The number of alkyl halides is 6. The molecule has 1 N–H and O–H groups in total. The summed E-state index contributed by atoms with van der Waals surface area (Å²) in [4.78, 5) is 24.8. The molecule has 0 unspecified atom stereocenters. The Kier molecular flexibility index (Phi) is 8.25. The molecule has 1 aliphatic rings. The Morgan fingerprint density at radius 3 is 2.21 bits per heavy atom. The largest absolute Gasteiger partial charge is 0.434 e. The van der Waals surface area contributed by atoms with Gasteiger partial charge in [0.15, 0.2) is 9.84 Å². The van der Waals surface area contributed by atoms with Crippen LogP contribution in [0.1, 0.15) is 29.6 Å². The topological polar surface area (TPSA) is 92.8 Å². The van der Waals surface area contributed by atoms with Crippen LogP contribution >= 0.6 is 0 Å². The number of carbonyl (C=O) groups is 2. The van der Waals surface area contributed by atoms with Gasteiger partial charge in [-0.3, -0.25) is 4.79 Å². The molecule has 14 heteroatoms. The zero-order valence-corrected chi connectivity index (χ0v) is 18.2. The number of piperidine rings is 1. The lowest BCUT2D eigenvalue weighted by atomic mass is 9.94. The van der Waals surface area contributed by atoms with Crippen molar-refractivity contribution in [1.82, 2.24) is 10.2 Å². The van der Waals surface area contributed by atoms with Crippen molar-refractivity contribution in [3.63, 3.8) is 0 Å². The molecule has 186 valence electrons. The highest BCUT2D eigenvalue weighted by Crippen LogP contribution is 2.36. The minimum absolute atomic E-state index is 0.00677. The fourth-order valence-electron chi connectivity index (χ4n) is 3.26. The van der Waals surface area contributed by atoms with Gasteiger partial charge in [0.2, 0.25) is 0 Å². The molecule has 0 radical (unpaired) electrons. The van der Waals surface area contributed by atoms with E-state index in [0.29, 0.717) is 19.3 Å². The van der Waals surface area contributed by atoms with E-state index in [4.69, 9.17) is 0 Å². The molecule has 1 heterocycles. The Balaban J connectivity index is 1.80. The van der Waals surface area contributed by atoms with Crippen molar-refractivity contribution < 1.29 is 49.1 Å². The number of benzene rings is 1. The van der Waals surface area contributed by atoms with E-state index in [1.165, 1.54) is 24.3 Å². The third kappa shape index (κ3) is 7.79. The molecule has 0 bridgehead atoms. The van der Waals surface area contributed by atoms with Crippen LogP contribution in [0, 0.1) is 5.92 Å². The summed E-state index contributed by atoms with van der Waals surface area (Å²) in [7, 11) is -3.48. The summed E-state index contributed by atoms with van der Waals surface area (Å²) < 4.78 is 102. The zero-order chi connectivity index (χ0) is 25.0. The minimum atomic E-state index is -5.77. The van der Waals surface area contributed by atoms with Crippen LogP contribution < -0.4 is 5.32 Å². The summed E-state index contributed by atoms with van der Waals surface area (Å²) >= 11 is 0. The molecule has 0 spiro atoms. The van der Waals surface area contributed by atoms with E-state index in [1.54, 1.807) is 0 Å². The van der Waals surface area contributed by atoms with E-state index in [2.05, 4.69) is 10.1 Å². The normalized spacial score (nSPS) is 16.1. The number of sulfone groups is 1. The van der Waals surface area contributed by atoms with Crippen LogP contribution in [-0.2, 0) is 14.6 Å². The SMILES string of the molecule is CS(=O)(=O)c1cccc(C(=O)NCCC2CCN(C(=O)OC(C(F)(F)F)C(F)(F)F)CC2)c1. The van der Waals surface area contributed by atoms with Gasteiger partial charge in [-0.2, -0.15) is 26.3 Å². The van der Waals surface area contributed by atoms with Gasteiger partial charge in [0.05, 0.1) is 4.90 Å². The Hall–Kier alpha value is -2.51. The molecule has 1 fully saturated rings. The fourth-order valence-corrected chi connectivity index (χ4v) is 3.93. The van der Waals surface area contributed by atoms with Crippen molar-refractivity contribution >= 4 is 21.8 Å². The number of nitrogens with zero attached hydrogens (tertiary/aromatic N) is 1. The number of hydrogen-bond acceptors (Lipinski definition) is 5. The summed E-state index contributed by atoms with van der Waals surface area (Å²) in [6.45, 7) is 0.0356. The van der Waals surface area contributed by atoms with Crippen molar-refractivity contribution in [3.8, 4) is 0 Å². The summed E-state index contributed by atoms with van der Waals surface area (Å²) in [6.07, 6.45) is -15.4. The summed E-state index contributed by atoms with van der Waals surface area (Å²) in [5.41, 5.74) is 0.152. The Morgan fingerprint density at radius 2 is 1.70 bits per heavy atom. The number of carbonyl (C=O) groups excluding carboxylic acids is 2. The van der Waals surface area contributed by atoms with Gasteiger partial charge in [0, 0.05) is 31.5 Å².